The lowest BCUT2D eigenvalue weighted by Crippen LogP contribution is -2.46. The first-order valence-electron chi connectivity index (χ1n) is 8.63. The number of hydrazone groups is 1. The number of nitriles is 1. The lowest BCUT2D eigenvalue weighted by molar-refractivity contribution is -0.0658. The van der Waals surface area contributed by atoms with Gasteiger partial charge < -0.3 is 10.5 Å². The van der Waals surface area contributed by atoms with Gasteiger partial charge in [-0.2, -0.15) is 23.5 Å². The van der Waals surface area contributed by atoms with E-state index in [2.05, 4.69) is 5.10 Å². The Hall–Kier alpha value is -3.18. The average molecular weight is 419 g/mol. The molecule has 0 radical (unpaired) electrons. The number of hydrogen-bond donors (Lipinski definition) is 1. The van der Waals surface area contributed by atoms with Crippen LogP contribution in [0, 0.1) is 17.2 Å². The van der Waals surface area contributed by atoms with Gasteiger partial charge in [0.05, 0.1) is 17.2 Å². The third-order valence-electron chi connectivity index (χ3n) is 4.92. The highest BCUT2D eigenvalue weighted by molar-refractivity contribution is 6.30. The van der Waals surface area contributed by atoms with Crippen LogP contribution in [-0.2, 0) is 4.74 Å². The number of nitrogens with zero attached hydrogens (tertiary/aromatic N) is 3. The monoisotopic (exact) mass is 418 g/mol. The molecular formula is C20H14ClF3N4O. The van der Waals surface area contributed by atoms with Gasteiger partial charge in [0.1, 0.15) is 6.07 Å². The summed E-state index contributed by atoms with van der Waals surface area (Å²) < 4.78 is 47.4. The second-order valence-electron chi connectivity index (χ2n) is 6.62. The Kier molecular flexibility index (Phi) is 4.63. The molecule has 0 aliphatic carbocycles. The molecule has 0 fully saturated rings. The number of benzene rings is 2. The number of para-hydroxylation sites is 1. The smallest absolute Gasteiger partial charge is 0.431 e. The zero-order valence-electron chi connectivity index (χ0n) is 14.8. The van der Waals surface area contributed by atoms with Crippen LogP contribution in [0.5, 0.6) is 0 Å². The Morgan fingerprint density at radius 1 is 1.10 bits per heavy atom. The normalized spacial score (nSPS) is 23.9. The van der Waals surface area contributed by atoms with Gasteiger partial charge >= 0.3 is 6.18 Å². The van der Waals surface area contributed by atoms with Crippen LogP contribution in [0.3, 0.4) is 0 Å². The van der Waals surface area contributed by atoms with E-state index >= 15 is 0 Å². The molecule has 0 aromatic heterocycles. The lowest BCUT2D eigenvalue weighted by Gasteiger charge is -2.37. The van der Waals surface area contributed by atoms with Crippen molar-refractivity contribution in [2.24, 2.45) is 16.8 Å². The average Bonchev–Trinajstić information content (AvgIpc) is 3.08. The number of ether oxygens (including phenoxy) is 1. The van der Waals surface area contributed by atoms with Gasteiger partial charge in [0, 0.05) is 10.9 Å². The van der Waals surface area contributed by atoms with E-state index in [1.807, 2.05) is 6.07 Å². The molecule has 0 saturated heterocycles. The van der Waals surface area contributed by atoms with Crippen molar-refractivity contribution in [2.75, 3.05) is 5.01 Å². The molecule has 2 N–H and O–H groups in total. The first-order valence-corrected chi connectivity index (χ1v) is 9.01. The predicted molar refractivity (Wildman–Crippen MR) is 102 cm³/mol. The molecule has 5 nitrogen and oxygen atoms in total. The summed E-state index contributed by atoms with van der Waals surface area (Å²) in [6.07, 6.45) is -5.86. The highest BCUT2D eigenvalue weighted by Crippen LogP contribution is 2.48. The first kappa shape index (κ1) is 19.2. The van der Waals surface area contributed by atoms with E-state index in [9.17, 15) is 18.4 Å². The first-order chi connectivity index (χ1) is 13.8. The molecule has 4 rings (SSSR count). The van der Waals surface area contributed by atoms with Crippen LogP contribution in [-0.4, -0.2) is 18.1 Å². The summed E-state index contributed by atoms with van der Waals surface area (Å²) in [5.41, 5.74) is 5.75. The second-order valence-corrected chi connectivity index (χ2v) is 7.05. The Morgan fingerprint density at radius 3 is 2.34 bits per heavy atom. The maximum absolute atomic E-state index is 13.9. The number of alkyl halides is 3. The van der Waals surface area contributed by atoms with Gasteiger partial charge in [0.25, 0.3) is 0 Å². The van der Waals surface area contributed by atoms with Crippen LogP contribution < -0.4 is 10.7 Å². The summed E-state index contributed by atoms with van der Waals surface area (Å²) in [4.78, 5) is 0. The van der Waals surface area contributed by atoms with Crippen LogP contribution >= 0.6 is 11.6 Å². The van der Waals surface area contributed by atoms with E-state index in [1.165, 1.54) is 0 Å². The lowest BCUT2D eigenvalue weighted by atomic mass is 9.76. The fourth-order valence-electron chi connectivity index (χ4n) is 3.70. The summed E-state index contributed by atoms with van der Waals surface area (Å²) in [5, 5.41) is 15.1. The molecule has 0 saturated carbocycles. The van der Waals surface area contributed by atoms with Crippen LogP contribution in [0.15, 0.2) is 71.2 Å². The summed E-state index contributed by atoms with van der Waals surface area (Å²) >= 11 is 5.93. The molecule has 0 bridgehead atoms. The minimum absolute atomic E-state index is 0.0690. The van der Waals surface area contributed by atoms with Gasteiger partial charge in [0.15, 0.2) is 5.71 Å². The van der Waals surface area contributed by atoms with Crippen molar-refractivity contribution in [1.82, 2.24) is 0 Å². The van der Waals surface area contributed by atoms with Gasteiger partial charge in [-0.1, -0.05) is 41.9 Å². The summed E-state index contributed by atoms with van der Waals surface area (Å²) in [7, 11) is 0. The number of allylic oxidation sites excluding steroid dienone is 1. The van der Waals surface area contributed by atoms with Crippen molar-refractivity contribution < 1.29 is 17.9 Å². The standard InChI is InChI=1S/C20H14ClF3N4O/c21-12-8-6-11(7-9-12)15-14(10-25)18(26)29-19-16(15)17(20(22,23)24)27-28(19)13-4-2-1-3-5-13/h1-9,15-16,19H,26H2/t15-,16-,19+/m1/s1. The van der Waals surface area contributed by atoms with Gasteiger partial charge in [0.2, 0.25) is 12.1 Å². The van der Waals surface area contributed by atoms with Gasteiger partial charge in [-0.3, -0.25) is 0 Å². The topological polar surface area (TPSA) is 74.6 Å². The van der Waals surface area contributed by atoms with Crippen LogP contribution in [0.4, 0.5) is 18.9 Å². The number of nitrogens with two attached hydrogens (primary N) is 1. The largest absolute Gasteiger partial charge is 0.452 e. The Labute approximate surface area is 169 Å². The summed E-state index contributed by atoms with van der Waals surface area (Å²) in [5.74, 6) is -2.48. The highest BCUT2D eigenvalue weighted by Gasteiger charge is 2.57. The second kappa shape index (κ2) is 7.01. The van der Waals surface area contributed by atoms with Gasteiger partial charge in [-0.25, -0.2) is 5.01 Å². The zero-order valence-corrected chi connectivity index (χ0v) is 15.5. The number of fused-ring (bicyclic) bond motifs is 1. The molecule has 3 atom stereocenters. The van der Waals surface area contributed by atoms with Crippen molar-refractivity contribution in [3.8, 4) is 6.07 Å². The Bertz CT molecular complexity index is 1030. The van der Waals surface area contributed by atoms with Crippen molar-refractivity contribution in [3.05, 3.63) is 76.6 Å². The number of rotatable bonds is 2. The summed E-state index contributed by atoms with van der Waals surface area (Å²) in [6, 6.07) is 16.6. The molecule has 2 aromatic carbocycles. The maximum Gasteiger partial charge on any atom is 0.431 e. The minimum Gasteiger partial charge on any atom is -0.452 e. The van der Waals surface area contributed by atoms with Crippen molar-refractivity contribution in [1.29, 1.82) is 5.26 Å². The molecule has 2 aromatic rings. The van der Waals surface area contributed by atoms with E-state index in [0.29, 0.717) is 16.3 Å². The third kappa shape index (κ3) is 3.28. The molecule has 0 spiro atoms. The van der Waals surface area contributed by atoms with E-state index in [4.69, 9.17) is 22.1 Å². The van der Waals surface area contributed by atoms with Crippen molar-refractivity contribution >= 4 is 23.0 Å². The van der Waals surface area contributed by atoms with E-state index in [-0.39, 0.29) is 11.5 Å². The van der Waals surface area contributed by atoms with E-state index < -0.39 is 30.0 Å². The minimum atomic E-state index is -4.72. The molecule has 2 aliphatic rings. The molecular weight excluding hydrogens is 405 g/mol. The Morgan fingerprint density at radius 2 is 1.76 bits per heavy atom. The van der Waals surface area contributed by atoms with Crippen molar-refractivity contribution in [3.63, 3.8) is 0 Å². The fourth-order valence-corrected chi connectivity index (χ4v) is 3.82. The van der Waals surface area contributed by atoms with E-state index in [1.54, 1.807) is 54.6 Å². The highest BCUT2D eigenvalue weighted by atomic mass is 35.5. The molecule has 2 heterocycles. The zero-order chi connectivity index (χ0) is 20.8. The van der Waals surface area contributed by atoms with E-state index in [0.717, 1.165) is 5.01 Å². The van der Waals surface area contributed by atoms with Crippen LogP contribution in [0.2, 0.25) is 5.02 Å². The quantitative estimate of drug-likeness (QED) is 0.777. The van der Waals surface area contributed by atoms with Gasteiger partial charge in [-0.15, -0.1) is 0 Å². The molecule has 0 unspecified atom stereocenters. The number of hydrogen-bond acceptors (Lipinski definition) is 5. The molecule has 2 aliphatic heterocycles. The Balaban J connectivity index is 1.90. The number of halogens is 4. The molecule has 9 heteroatoms. The van der Waals surface area contributed by atoms with Crippen molar-refractivity contribution in [2.45, 2.75) is 18.3 Å². The van der Waals surface area contributed by atoms with Gasteiger partial charge in [-0.05, 0) is 29.8 Å². The maximum atomic E-state index is 13.9. The molecule has 29 heavy (non-hydrogen) atoms. The number of anilines is 1. The molecule has 0 amide bonds. The SMILES string of the molecule is N#CC1=C(N)O[C@H]2[C@@H](C(C(F)(F)F)=NN2c2ccccc2)[C@@H]1c1ccc(Cl)cc1. The third-order valence-corrected chi connectivity index (χ3v) is 5.18. The van der Waals surface area contributed by atoms with Crippen LogP contribution in [0.25, 0.3) is 0 Å². The summed E-state index contributed by atoms with van der Waals surface area (Å²) in [6.45, 7) is 0. The predicted octanol–water partition coefficient (Wildman–Crippen LogP) is 4.53. The fraction of sp³-hybridized carbons (Fsp3) is 0.200. The van der Waals surface area contributed by atoms with Crippen LogP contribution in [0.1, 0.15) is 11.5 Å². The molecule has 148 valence electrons.